The lowest BCUT2D eigenvalue weighted by atomic mass is 9.81. The molecule has 0 saturated heterocycles. The Morgan fingerprint density at radius 2 is 2.29 bits per heavy atom. The van der Waals surface area contributed by atoms with Crippen LogP contribution in [0.5, 0.6) is 5.88 Å². The number of pyridine rings is 1. The highest BCUT2D eigenvalue weighted by molar-refractivity contribution is 7.71. The van der Waals surface area contributed by atoms with Crippen molar-refractivity contribution in [3.8, 4) is 5.88 Å². The van der Waals surface area contributed by atoms with E-state index in [1.165, 1.54) is 32.1 Å². The summed E-state index contributed by atoms with van der Waals surface area (Å²) in [6.07, 6.45) is 6.66. The van der Waals surface area contributed by atoms with Crippen molar-refractivity contribution in [2.24, 2.45) is 11.8 Å². The van der Waals surface area contributed by atoms with Crippen LogP contribution < -0.4 is 4.74 Å². The molecular weight excluding hydrogens is 282 g/mol. The van der Waals surface area contributed by atoms with Crippen molar-refractivity contribution < 1.29 is 4.74 Å². The predicted octanol–water partition coefficient (Wildman–Crippen LogP) is 4.32. The maximum absolute atomic E-state index is 5.45. The van der Waals surface area contributed by atoms with Crippen molar-refractivity contribution in [2.75, 3.05) is 7.11 Å². The molecule has 0 bridgehead atoms. The minimum Gasteiger partial charge on any atom is -0.481 e. The number of hydrogen-bond donors (Lipinski definition) is 1. The first-order chi connectivity index (χ1) is 10.2. The SMILES string of the molecule is COc1ccc2[nH]c(=S)n(CCC3CCCC(C)C3)c2n1. The molecule has 5 heteroatoms. The molecule has 0 aromatic carbocycles. The van der Waals surface area contributed by atoms with E-state index in [2.05, 4.69) is 21.5 Å². The van der Waals surface area contributed by atoms with Crippen molar-refractivity contribution in [3.63, 3.8) is 0 Å². The van der Waals surface area contributed by atoms with E-state index in [0.29, 0.717) is 5.88 Å². The van der Waals surface area contributed by atoms with Gasteiger partial charge in [-0.15, -0.1) is 0 Å². The Balaban J connectivity index is 1.79. The maximum atomic E-state index is 5.45. The molecule has 2 atom stereocenters. The second-order valence-corrected chi connectivity index (χ2v) is 6.62. The molecule has 2 aromatic heterocycles. The van der Waals surface area contributed by atoms with Crippen molar-refractivity contribution in [3.05, 3.63) is 16.9 Å². The number of H-pyrrole nitrogens is 1. The average Bonchev–Trinajstić information content (AvgIpc) is 2.79. The fourth-order valence-corrected chi connectivity index (χ4v) is 3.76. The van der Waals surface area contributed by atoms with Crippen LogP contribution in [0.4, 0.5) is 0 Å². The first-order valence-corrected chi connectivity index (χ1v) is 8.21. The Hall–Kier alpha value is -1.36. The van der Waals surface area contributed by atoms with Crippen LogP contribution in [0.15, 0.2) is 12.1 Å². The van der Waals surface area contributed by atoms with Crippen LogP contribution in [0.2, 0.25) is 0 Å². The lowest BCUT2D eigenvalue weighted by molar-refractivity contribution is 0.261. The van der Waals surface area contributed by atoms with Gasteiger partial charge < -0.3 is 14.3 Å². The number of aryl methyl sites for hydroxylation is 1. The summed E-state index contributed by atoms with van der Waals surface area (Å²) in [4.78, 5) is 7.77. The number of nitrogens with one attached hydrogen (secondary N) is 1. The minimum absolute atomic E-state index is 0.636. The summed E-state index contributed by atoms with van der Waals surface area (Å²) in [6, 6.07) is 3.84. The van der Waals surface area contributed by atoms with Gasteiger partial charge in [-0.3, -0.25) is 0 Å². The van der Waals surface area contributed by atoms with Crippen LogP contribution in [0, 0.1) is 16.6 Å². The molecule has 1 saturated carbocycles. The van der Waals surface area contributed by atoms with Crippen LogP contribution in [-0.2, 0) is 6.54 Å². The molecule has 2 unspecified atom stereocenters. The van der Waals surface area contributed by atoms with E-state index in [0.717, 1.165) is 34.3 Å². The van der Waals surface area contributed by atoms with Gasteiger partial charge in [-0.1, -0.05) is 26.2 Å². The summed E-state index contributed by atoms with van der Waals surface area (Å²) in [5.74, 6) is 2.33. The quantitative estimate of drug-likeness (QED) is 0.855. The third-order valence-electron chi connectivity index (χ3n) is 4.61. The van der Waals surface area contributed by atoms with Gasteiger partial charge in [0.25, 0.3) is 0 Å². The van der Waals surface area contributed by atoms with E-state index in [1.54, 1.807) is 7.11 Å². The molecule has 21 heavy (non-hydrogen) atoms. The number of aromatic amines is 1. The molecule has 2 aromatic rings. The lowest BCUT2D eigenvalue weighted by Gasteiger charge is -2.26. The number of nitrogens with zero attached hydrogens (tertiary/aromatic N) is 2. The fourth-order valence-electron chi connectivity index (χ4n) is 3.47. The Morgan fingerprint density at radius 3 is 3.05 bits per heavy atom. The highest BCUT2D eigenvalue weighted by Crippen LogP contribution is 2.31. The number of rotatable bonds is 4. The summed E-state index contributed by atoms with van der Waals surface area (Å²) in [5.41, 5.74) is 1.89. The number of imidazole rings is 1. The summed E-state index contributed by atoms with van der Waals surface area (Å²) in [6.45, 7) is 3.31. The Labute approximate surface area is 130 Å². The number of methoxy groups -OCH3 is 1. The summed E-state index contributed by atoms with van der Waals surface area (Å²) in [5, 5.41) is 0. The number of ether oxygens (including phenoxy) is 1. The van der Waals surface area contributed by atoms with Crippen LogP contribution in [0.1, 0.15) is 39.0 Å². The van der Waals surface area contributed by atoms with Gasteiger partial charge in [-0.25, -0.2) is 0 Å². The summed E-state index contributed by atoms with van der Waals surface area (Å²) < 4.78 is 8.10. The van der Waals surface area contributed by atoms with Crippen molar-refractivity contribution in [2.45, 2.75) is 45.6 Å². The molecule has 1 fully saturated rings. The van der Waals surface area contributed by atoms with Gasteiger partial charge >= 0.3 is 0 Å². The Morgan fingerprint density at radius 1 is 1.43 bits per heavy atom. The highest BCUT2D eigenvalue weighted by atomic mass is 32.1. The summed E-state index contributed by atoms with van der Waals surface area (Å²) in [7, 11) is 1.64. The molecule has 2 heterocycles. The zero-order valence-electron chi connectivity index (χ0n) is 12.8. The van der Waals surface area contributed by atoms with Gasteiger partial charge in [-0.2, -0.15) is 4.98 Å². The third kappa shape index (κ3) is 3.12. The second kappa shape index (κ2) is 6.18. The number of fused-ring (bicyclic) bond motifs is 1. The van der Waals surface area contributed by atoms with E-state index in [1.807, 2.05) is 12.1 Å². The maximum Gasteiger partial charge on any atom is 0.215 e. The van der Waals surface area contributed by atoms with Gasteiger partial charge in [0.05, 0.1) is 12.6 Å². The fraction of sp³-hybridized carbons (Fsp3) is 0.625. The van der Waals surface area contributed by atoms with Gasteiger partial charge in [0.15, 0.2) is 10.4 Å². The molecule has 0 spiro atoms. The molecule has 0 aliphatic heterocycles. The zero-order valence-corrected chi connectivity index (χ0v) is 13.6. The normalized spacial score (nSPS) is 22.6. The van der Waals surface area contributed by atoms with E-state index in [4.69, 9.17) is 17.0 Å². The van der Waals surface area contributed by atoms with Gasteiger partial charge in [0.2, 0.25) is 5.88 Å². The Bertz CT molecular complexity index is 676. The van der Waals surface area contributed by atoms with E-state index in [9.17, 15) is 0 Å². The molecule has 3 rings (SSSR count). The van der Waals surface area contributed by atoms with Crippen molar-refractivity contribution in [1.82, 2.24) is 14.5 Å². The molecule has 1 aliphatic rings. The van der Waals surface area contributed by atoms with E-state index >= 15 is 0 Å². The predicted molar refractivity (Wildman–Crippen MR) is 87.2 cm³/mol. The average molecular weight is 305 g/mol. The molecule has 0 amide bonds. The largest absolute Gasteiger partial charge is 0.481 e. The topological polar surface area (TPSA) is 42.8 Å². The molecule has 1 aliphatic carbocycles. The number of aromatic nitrogens is 3. The van der Waals surface area contributed by atoms with Crippen LogP contribution in [-0.4, -0.2) is 21.6 Å². The number of hydrogen-bond acceptors (Lipinski definition) is 3. The van der Waals surface area contributed by atoms with Gasteiger partial charge in [-0.05, 0) is 43.0 Å². The molecule has 4 nitrogen and oxygen atoms in total. The van der Waals surface area contributed by atoms with E-state index in [-0.39, 0.29) is 0 Å². The lowest BCUT2D eigenvalue weighted by Crippen LogP contribution is -2.15. The van der Waals surface area contributed by atoms with Gasteiger partial charge in [0.1, 0.15) is 0 Å². The first kappa shape index (κ1) is 14.6. The smallest absolute Gasteiger partial charge is 0.215 e. The molecule has 1 N–H and O–H groups in total. The molecular formula is C16H23N3OS. The third-order valence-corrected chi connectivity index (χ3v) is 4.93. The van der Waals surface area contributed by atoms with Crippen molar-refractivity contribution >= 4 is 23.4 Å². The Kier molecular flexibility index (Phi) is 4.29. The monoisotopic (exact) mass is 305 g/mol. The molecule has 114 valence electrons. The van der Waals surface area contributed by atoms with Crippen molar-refractivity contribution in [1.29, 1.82) is 0 Å². The zero-order chi connectivity index (χ0) is 14.8. The summed E-state index contributed by atoms with van der Waals surface area (Å²) >= 11 is 5.45. The van der Waals surface area contributed by atoms with Crippen LogP contribution in [0.3, 0.4) is 0 Å². The second-order valence-electron chi connectivity index (χ2n) is 6.23. The minimum atomic E-state index is 0.636. The van der Waals surface area contributed by atoms with Crippen LogP contribution >= 0.6 is 12.2 Å². The first-order valence-electron chi connectivity index (χ1n) is 7.81. The van der Waals surface area contributed by atoms with Crippen LogP contribution in [0.25, 0.3) is 11.2 Å². The molecule has 0 radical (unpaired) electrons. The van der Waals surface area contributed by atoms with Gasteiger partial charge in [0, 0.05) is 12.6 Å². The standard InChI is InChI=1S/C16H23N3OS/c1-11-4-3-5-12(10-11)8-9-19-15-13(17-16(19)21)6-7-14(18-15)20-2/h6-7,11-12H,3-5,8-10H2,1-2H3,(H,17,21). The highest BCUT2D eigenvalue weighted by Gasteiger charge is 2.19. The van der Waals surface area contributed by atoms with E-state index < -0.39 is 0 Å².